The van der Waals surface area contributed by atoms with E-state index in [4.69, 9.17) is 4.98 Å². The molecule has 6 heteroatoms. The number of para-hydroxylation sites is 1. The number of carbonyl (C=O) groups excluding carboxylic acids is 1. The molecule has 0 fully saturated rings. The first kappa shape index (κ1) is 19.5. The van der Waals surface area contributed by atoms with Gasteiger partial charge in [-0.3, -0.25) is 14.2 Å². The fourth-order valence-electron chi connectivity index (χ4n) is 3.83. The van der Waals surface area contributed by atoms with Crippen molar-refractivity contribution in [3.63, 3.8) is 0 Å². The normalized spacial score (nSPS) is 14.1. The number of aryl methyl sites for hydroxylation is 1. The Labute approximate surface area is 187 Å². The largest absolute Gasteiger partial charge is 0.321 e. The standard InChI is InChI=1S/C25H18BrN3O2/c26-17-10-11-22-19(14-17)20(24(30)28-22)15-23-27-21-9-5-4-8-18(21)25(31)29(23)13-12-16-6-2-1-3-7-16/h1-11,14-15H,12-13H2,(H,28,30). The molecule has 1 amide bonds. The maximum atomic E-state index is 13.3. The van der Waals surface area contributed by atoms with Crippen LogP contribution in [0, 0.1) is 0 Å². The van der Waals surface area contributed by atoms with Gasteiger partial charge in [-0.05, 0) is 48.4 Å². The summed E-state index contributed by atoms with van der Waals surface area (Å²) in [5, 5.41) is 3.45. The summed E-state index contributed by atoms with van der Waals surface area (Å²) in [5.74, 6) is 0.266. The van der Waals surface area contributed by atoms with Crippen LogP contribution < -0.4 is 10.9 Å². The van der Waals surface area contributed by atoms with Crippen LogP contribution in [0.1, 0.15) is 17.0 Å². The first-order valence-electron chi connectivity index (χ1n) is 9.96. The van der Waals surface area contributed by atoms with Crippen molar-refractivity contribution in [2.75, 3.05) is 5.32 Å². The van der Waals surface area contributed by atoms with Crippen LogP contribution in [0.25, 0.3) is 22.6 Å². The summed E-state index contributed by atoms with van der Waals surface area (Å²) in [7, 11) is 0. The number of hydrogen-bond acceptors (Lipinski definition) is 3. The molecule has 1 N–H and O–H groups in total. The Morgan fingerprint density at radius 2 is 1.74 bits per heavy atom. The first-order valence-corrected chi connectivity index (χ1v) is 10.8. The summed E-state index contributed by atoms with van der Waals surface area (Å²) in [5.41, 5.74) is 3.67. The van der Waals surface area contributed by atoms with Crippen LogP contribution in [-0.2, 0) is 17.8 Å². The van der Waals surface area contributed by atoms with Crippen molar-refractivity contribution >= 4 is 50.1 Å². The Bertz CT molecular complexity index is 1410. The van der Waals surface area contributed by atoms with Gasteiger partial charge in [0.25, 0.3) is 11.5 Å². The van der Waals surface area contributed by atoms with E-state index in [0.29, 0.717) is 35.3 Å². The van der Waals surface area contributed by atoms with Gasteiger partial charge < -0.3 is 5.32 Å². The van der Waals surface area contributed by atoms with Gasteiger partial charge in [0.2, 0.25) is 0 Å². The number of hydrogen-bond donors (Lipinski definition) is 1. The summed E-state index contributed by atoms with van der Waals surface area (Å²) in [4.78, 5) is 30.7. The van der Waals surface area contributed by atoms with E-state index in [1.807, 2.05) is 66.7 Å². The van der Waals surface area contributed by atoms with E-state index in [1.165, 1.54) is 0 Å². The molecule has 0 atom stereocenters. The van der Waals surface area contributed by atoms with Crippen molar-refractivity contribution in [1.82, 2.24) is 9.55 Å². The quantitative estimate of drug-likeness (QED) is 0.430. The monoisotopic (exact) mass is 471 g/mol. The molecule has 5 rings (SSSR count). The Balaban J connectivity index is 1.66. The van der Waals surface area contributed by atoms with Gasteiger partial charge in [-0.15, -0.1) is 0 Å². The van der Waals surface area contributed by atoms with Gasteiger partial charge in [-0.1, -0.05) is 58.4 Å². The van der Waals surface area contributed by atoms with Gasteiger partial charge in [0.15, 0.2) is 0 Å². The molecular formula is C25H18BrN3O2. The summed E-state index contributed by atoms with van der Waals surface area (Å²) in [6, 6.07) is 22.9. The Hall–Kier alpha value is -3.51. The predicted molar refractivity (Wildman–Crippen MR) is 127 cm³/mol. The molecule has 4 aromatic rings. The van der Waals surface area contributed by atoms with Gasteiger partial charge in [0.1, 0.15) is 5.82 Å². The van der Waals surface area contributed by atoms with Crippen LogP contribution in [0.2, 0.25) is 0 Å². The zero-order chi connectivity index (χ0) is 21.4. The molecule has 0 spiro atoms. The van der Waals surface area contributed by atoms with Crippen molar-refractivity contribution in [3.8, 4) is 0 Å². The molecule has 152 valence electrons. The Morgan fingerprint density at radius 1 is 0.968 bits per heavy atom. The number of anilines is 1. The number of nitrogens with zero attached hydrogens (tertiary/aromatic N) is 2. The third-order valence-corrected chi connectivity index (χ3v) is 5.89. The number of rotatable bonds is 4. The van der Waals surface area contributed by atoms with E-state index < -0.39 is 0 Å². The summed E-state index contributed by atoms with van der Waals surface area (Å²) < 4.78 is 2.53. The number of carbonyl (C=O) groups is 1. The minimum Gasteiger partial charge on any atom is -0.321 e. The van der Waals surface area contributed by atoms with Crippen LogP contribution in [0.5, 0.6) is 0 Å². The summed E-state index contributed by atoms with van der Waals surface area (Å²) in [6.07, 6.45) is 2.40. The van der Waals surface area contributed by atoms with Crippen molar-refractivity contribution in [2.45, 2.75) is 13.0 Å². The number of nitrogens with one attached hydrogen (secondary N) is 1. The minimum absolute atomic E-state index is 0.110. The molecule has 0 unspecified atom stereocenters. The second-order valence-electron chi connectivity index (χ2n) is 7.38. The zero-order valence-corrected chi connectivity index (χ0v) is 18.1. The van der Waals surface area contributed by atoms with E-state index in [0.717, 1.165) is 21.3 Å². The lowest BCUT2D eigenvalue weighted by Crippen LogP contribution is -2.25. The number of aromatic nitrogens is 2. The molecule has 2 heterocycles. The maximum absolute atomic E-state index is 13.3. The van der Waals surface area contributed by atoms with E-state index >= 15 is 0 Å². The lowest BCUT2D eigenvalue weighted by atomic mass is 10.1. The highest BCUT2D eigenvalue weighted by atomic mass is 79.9. The third kappa shape index (κ3) is 3.70. The molecule has 0 saturated carbocycles. The van der Waals surface area contributed by atoms with E-state index in [1.54, 1.807) is 16.7 Å². The highest BCUT2D eigenvalue weighted by molar-refractivity contribution is 9.10. The van der Waals surface area contributed by atoms with Crippen LogP contribution >= 0.6 is 15.9 Å². The first-order chi connectivity index (χ1) is 15.1. The van der Waals surface area contributed by atoms with Crippen molar-refractivity contribution in [2.24, 2.45) is 0 Å². The Kier molecular flexibility index (Phi) is 5.00. The SMILES string of the molecule is O=C1Nc2ccc(Br)cc2C1=Cc1nc2ccccc2c(=O)n1CCc1ccccc1. The summed E-state index contributed by atoms with van der Waals surface area (Å²) in [6.45, 7) is 0.465. The van der Waals surface area contributed by atoms with E-state index in [9.17, 15) is 9.59 Å². The van der Waals surface area contributed by atoms with Gasteiger partial charge in [0.05, 0.1) is 16.5 Å². The molecule has 0 saturated heterocycles. The molecule has 5 nitrogen and oxygen atoms in total. The number of halogens is 1. The Morgan fingerprint density at radius 3 is 2.58 bits per heavy atom. The van der Waals surface area contributed by atoms with Crippen molar-refractivity contribution in [1.29, 1.82) is 0 Å². The molecule has 0 bridgehead atoms. The van der Waals surface area contributed by atoms with Crippen LogP contribution in [-0.4, -0.2) is 15.5 Å². The van der Waals surface area contributed by atoms with Crippen molar-refractivity contribution in [3.05, 3.63) is 105 Å². The van der Waals surface area contributed by atoms with Crippen LogP contribution in [0.4, 0.5) is 5.69 Å². The highest BCUT2D eigenvalue weighted by Crippen LogP contribution is 2.34. The lowest BCUT2D eigenvalue weighted by molar-refractivity contribution is -0.110. The molecule has 31 heavy (non-hydrogen) atoms. The molecule has 0 aliphatic carbocycles. The van der Waals surface area contributed by atoms with Gasteiger partial charge in [-0.25, -0.2) is 4.98 Å². The molecule has 1 aliphatic rings. The van der Waals surface area contributed by atoms with Crippen LogP contribution in [0.15, 0.2) is 82.1 Å². The van der Waals surface area contributed by atoms with Crippen molar-refractivity contribution < 1.29 is 4.79 Å². The fraction of sp³-hybridized carbons (Fsp3) is 0.0800. The van der Waals surface area contributed by atoms with Gasteiger partial charge >= 0.3 is 0 Å². The third-order valence-electron chi connectivity index (χ3n) is 5.40. The minimum atomic E-state index is -0.204. The average Bonchev–Trinajstić information content (AvgIpc) is 3.09. The van der Waals surface area contributed by atoms with E-state index in [-0.39, 0.29) is 11.5 Å². The second kappa shape index (κ2) is 7.96. The molecule has 1 aliphatic heterocycles. The topological polar surface area (TPSA) is 64.0 Å². The maximum Gasteiger partial charge on any atom is 0.261 e. The lowest BCUT2D eigenvalue weighted by Gasteiger charge is -2.12. The smallest absolute Gasteiger partial charge is 0.261 e. The molecule has 3 aromatic carbocycles. The fourth-order valence-corrected chi connectivity index (χ4v) is 4.19. The second-order valence-corrected chi connectivity index (χ2v) is 8.30. The van der Waals surface area contributed by atoms with Gasteiger partial charge in [0, 0.05) is 22.3 Å². The zero-order valence-electron chi connectivity index (χ0n) is 16.5. The summed E-state index contributed by atoms with van der Waals surface area (Å²) >= 11 is 3.47. The predicted octanol–water partition coefficient (Wildman–Crippen LogP) is 4.89. The highest BCUT2D eigenvalue weighted by Gasteiger charge is 2.25. The molecular weight excluding hydrogens is 454 g/mol. The number of amides is 1. The van der Waals surface area contributed by atoms with Gasteiger partial charge in [-0.2, -0.15) is 0 Å². The van der Waals surface area contributed by atoms with E-state index in [2.05, 4.69) is 21.2 Å². The molecule has 0 radical (unpaired) electrons. The number of fused-ring (bicyclic) bond motifs is 2. The van der Waals surface area contributed by atoms with Crippen LogP contribution in [0.3, 0.4) is 0 Å². The average molecular weight is 472 g/mol. The molecule has 1 aromatic heterocycles. The number of benzene rings is 3.